The SMILES string of the molecule is CN(Cc1cccc(C#N)c1)C(=O)[C@@H]1CN(Cc2ccccc2)CCO1. The Morgan fingerprint density at radius 2 is 2.00 bits per heavy atom. The zero-order valence-electron chi connectivity index (χ0n) is 15.0. The summed E-state index contributed by atoms with van der Waals surface area (Å²) in [6, 6.07) is 19.7. The molecule has 0 bridgehead atoms. The summed E-state index contributed by atoms with van der Waals surface area (Å²) in [5.41, 5.74) is 2.78. The molecule has 1 fully saturated rings. The maximum absolute atomic E-state index is 12.8. The molecule has 1 aliphatic rings. The van der Waals surface area contributed by atoms with Crippen LogP contribution in [0.1, 0.15) is 16.7 Å². The van der Waals surface area contributed by atoms with Crippen LogP contribution in [0.4, 0.5) is 0 Å². The molecular formula is C21H23N3O2. The van der Waals surface area contributed by atoms with Crippen LogP contribution in [-0.2, 0) is 22.6 Å². The number of nitriles is 1. The molecule has 5 heteroatoms. The third-order valence-corrected chi connectivity index (χ3v) is 4.53. The van der Waals surface area contributed by atoms with Gasteiger partial charge in [-0.25, -0.2) is 0 Å². The molecule has 3 rings (SSSR count). The summed E-state index contributed by atoms with van der Waals surface area (Å²) in [6.07, 6.45) is -0.448. The van der Waals surface area contributed by atoms with Crippen molar-refractivity contribution in [1.82, 2.24) is 9.80 Å². The molecule has 5 nitrogen and oxygen atoms in total. The third-order valence-electron chi connectivity index (χ3n) is 4.53. The fourth-order valence-electron chi connectivity index (χ4n) is 3.17. The summed E-state index contributed by atoms with van der Waals surface area (Å²) in [5, 5.41) is 9.00. The molecule has 1 amide bonds. The summed E-state index contributed by atoms with van der Waals surface area (Å²) >= 11 is 0. The topological polar surface area (TPSA) is 56.6 Å². The Morgan fingerprint density at radius 1 is 1.23 bits per heavy atom. The Balaban J connectivity index is 1.58. The highest BCUT2D eigenvalue weighted by Crippen LogP contribution is 2.14. The molecule has 2 aromatic rings. The van der Waals surface area contributed by atoms with Crippen LogP contribution in [0.25, 0.3) is 0 Å². The van der Waals surface area contributed by atoms with Crippen molar-refractivity contribution < 1.29 is 9.53 Å². The van der Waals surface area contributed by atoms with Crippen molar-refractivity contribution >= 4 is 5.91 Å². The molecular weight excluding hydrogens is 326 g/mol. The number of carbonyl (C=O) groups is 1. The third kappa shape index (κ3) is 4.69. The van der Waals surface area contributed by atoms with E-state index >= 15 is 0 Å². The van der Waals surface area contributed by atoms with Crippen molar-refractivity contribution in [3.05, 3.63) is 71.3 Å². The fraction of sp³-hybridized carbons (Fsp3) is 0.333. The number of hydrogen-bond donors (Lipinski definition) is 0. The largest absolute Gasteiger partial charge is 0.366 e. The quantitative estimate of drug-likeness (QED) is 0.832. The highest BCUT2D eigenvalue weighted by molar-refractivity contribution is 5.81. The number of ether oxygens (including phenoxy) is 1. The second-order valence-electron chi connectivity index (χ2n) is 6.59. The number of benzene rings is 2. The first-order valence-corrected chi connectivity index (χ1v) is 8.77. The van der Waals surface area contributed by atoms with Gasteiger partial charge in [0.25, 0.3) is 5.91 Å². The monoisotopic (exact) mass is 349 g/mol. The first-order valence-electron chi connectivity index (χ1n) is 8.77. The van der Waals surface area contributed by atoms with Crippen molar-refractivity contribution in [2.45, 2.75) is 19.2 Å². The van der Waals surface area contributed by atoms with Crippen molar-refractivity contribution in [1.29, 1.82) is 5.26 Å². The Labute approximate surface area is 154 Å². The Hall–Kier alpha value is -2.68. The molecule has 1 aliphatic heterocycles. The van der Waals surface area contributed by atoms with E-state index in [1.165, 1.54) is 5.56 Å². The van der Waals surface area contributed by atoms with Crippen molar-refractivity contribution in [2.24, 2.45) is 0 Å². The Kier molecular flexibility index (Phi) is 6.00. The summed E-state index contributed by atoms with van der Waals surface area (Å²) < 4.78 is 5.73. The number of hydrogen-bond acceptors (Lipinski definition) is 4. The first-order chi connectivity index (χ1) is 12.7. The molecule has 1 heterocycles. The van der Waals surface area contributed by atoms with Gasteiger partial charge in [-0.15, -0.1) is 0 Å². The molecule has 0 saturated carbocycles. The maximum Gasteiger partial charge on any atom is 0.253 e. The van der Waals surface area contributed by atoms with Gasteiger partial charge >= 0.3 is 0 Å². The van der Waals surface area contributed by atoms with Gasteiger partial charge in [0, 0.05) is 33.2 Å². The molecule has 1 saturated heterocycles. The Bertz CT molecular complexity index is 785. The van der Waals surface area contributed by atoms with E-state index < -0.39 is 6.10 Å². The van der Waals surface area contributed by atoms with Crippen molar-refractivity contribution in [2.75, 3.05) is 26.7 Å². The molecule has 134 valence electrons. The van der Waals surface area contributed by atoms with E-state index in [0.717, 1.165) is 18.7 Å². The van der Waals surface area contributed by atoms with Crippen molar-refractivity contribution in [3.8, 4) is 6.07 Å². The van der Waals surface area contributed by atoms with Crippen LogP contribution in [-0.4, -0.2) is 48.6 Å². The van der Waals surface area contributed by atoms with Gasteiger partial charge in [-0.2, -0.15) is 5.26 Å². The lowest BCUT2D eigenvalue weighted by molar-refractivity contribution is -0.148. The van der Waals surface area contributed by atoms with Gasteiger partial charge in [-0.3, -0.25) is 9.69 Å². The highest BCUT2D eigenvalue weighted by atomic mass is 16.5. The molecule has 0 N–H and O–H groups in total. The molecule has 0 spiro atoms. The lowest BCUT2D eigenvalue weighted by Crippen LogP contribution is -2.49. The van der Waals surface area contributed by atoms with Gasteiger partial charge in [-0.1, -0.05) is 42.5 Å². The van der Waals surface area contributed by atoms with Gasteiger partial charge in [0.15, 0.2) is 0 Å². The van der Waals surface area contributed by atoms with E-state index in [1.807, 2.05) is 36.4 Å². The predicted molar refractivity (Wildman–Crippen MR) is 99.1 cm³/mol. The van der Waals surface area contributed by atoms with E-state index in [-0.39, 0.29) is 5.91 Å². The van der Waals surface area contributed by atoms with Crippen LogP contribution in [0.3, 0.4) is 0 Å². The van der Waals surface area contributed by atoms with Gasteiger partial charge in [0.2, 0.25) is 0 Å². The molecule has 0 aromatic heterocycles. The summed E-state index contributed by atoms with van der Waals surface area (Å²) in [5.74, 6) is -0.0230. The van der Waals surface area contributed by atoms with E-state index in [1.54, 1.807) is 18.0 Å². The van der Waals surface area contributed by atoms with Crippen LogP contribution in [0.2, 0.25) is 0 Å². The zero-order chi connectivity index (χ0) is 18.4. The first kappa shape index (κ1) is 18.1. The minimum Gasteiger partial charge on any atom is -0.366 e. The highest BCUT2D eigenvalue weighted by Gasteiger charge is 2.28. The van der Waals surface area contributed by atoms with E-state index in [0.29, 0.717) is 25.3 Å². The molecule has 0 unspecified atom stereocenters. The molecule has 1 atom stereocenters. The minimum absolute atomic E-state index is 0.0230. The van der Waals surface area contributed by atoms with Gasteiger partial charge in [0.1, 0.15) is 6.10 Å². The smallest absolute Gasteiger partial charge is 0.253 e. The minimum atomic E-state index is -0.448. The average molecular weight is 349 g/mol. The van der Waals surface area contributed by atoms with Gasteiger partial charge in [0.05, 0.1) is 18.2 Å². The van der Waals surface area contributed by atoms with E-state index in [9.17, 15) is 4.79 Å². The standard InChI is InChI=1S/C21H23N3O2/c1-23(14-19-9-5-8-18(12-19)13-22)21(25)20-16-24(10-11-26-20)15-17-6-3-2-4-7-17/h2-9,12,20H,10-11,14-16H2,1H3/t20-/m0/s1. The molecule has 0 aliphatic carbocycles. The fourth-order valence-corrected chi connectivity index (χ4v) is 3.17. The lowest BCUT2D eigenvalue weighted by atomic mass is 10.1. The van der Waals surface area contributed by atoms with Crippen LogP contribution in [0.5, 0.6) is 0 Å². The lowest BCUT2D eigenvalue weighted by Gasteiger charge is -2.34. The number of likely N-dealkylation sites (N-methyl/N-ethyl adjacent to an activating group) is 1. The summed E-state index contributed by atoms with van der Waals surface area (Å²) in [6.45, 7) is 3.26. The number of morpholine rings is 1. The predicted octanol–water partition coefficient (Wildman–Crippen LogP) is 2.42. The number of carbonyl (C=O) groups excluding carboxylic acids is 1. The van der Waals surface area contributed by atoms with E-state index in [2.05, 4.69) is 23.1 Å². The Morgan fingerprint density at radius 3 is 2.77 bits per heavy atom. The maximum atomic E-state index is 12.8. The van der Waals surface area contributed by atoms with Crippen LogP contribution in [0.15, 0.2) is 54.6 Å². The van der Waals surface area contributed by atoms with E-state index in [4.69, 9.17) is 10.00 Å². The summed E-state index contributed by atoms with van der Waals surface area (Å²) in [4.78, 5) is 16.7. The van der Waals surface area contributed by atoms with Crippen LogP contribution >= 0.6 is 0 Å². The number of rotatable bonds is 5. The van der Waals surface area contributed by atoms with Gasteiger partial charge in [-0.05, 0) is 23.3 Å². The molecule has 26 heavy (non-hydrogen) atoms. The number of nitrogens with zero attached hydrogens (tertiary/aromatic N) is 3. The number of amides is 1. The molecule has 0 radical (unpaired) electrons. The average Bonchev–Trinajstić information content (AvgIpc) is 2.68. The summed E-state index contributed by atoms with van der Waals surface area (Å²) in [7, 11) is 1.78. The zero-order valence-corrected chi connectivity index (χ0v) is 15.0. The normalized spacial score (nSPS) is 17.5. The second kappa shape index (κ2) is 8.61. The molecule has 2 aromatic carbocycles. The second-order valence-corrected chi connectivity index (χ2v) is 6.59. The van der Waals surface area contributed by atoms with Crippen LogP contribution in [0, 0.1) is 11.3 Å². The van der Waals surface area contributed by atoms with Crippen LogP contribution < -0.4 is 0 Å². The van der Waals surface area contributed by atoms with Crippen molar-refractivity contribution in [3.63, 3.8) is 0 Å². The van der Waals surface area contributed by atoms with Gasteiger partial charge < -0.3 is 9.64 Å².